The van der Waals surface area contributed by atoms with Gasteiger partial charge < -0.3 is 15.2 Å². The summed E-state index contributed by atoms with van der Waals surface area (Å²) in [5, 5.41) is 12.5. The monoisotopic (exact) mass is 319 g/mol. The van der Waals surface area contributed by atoms with Gasteiger partial charge in [-0.05, 0) is 42.9 Å². The molecule has 2 N–H and O–H groups in total. The van der Waals surface area contributed by atoms with Crippen LogP contribution >= 0.6 is 0 Å². The molecule has 1 aromatic carbocycles. The van der Waals surface area contributed by atoms with Crippen LogP contribution in [-0.4, -0.2) is 18.1 Å². The van der Waals surface area contributed by atoms with Gasteiger partial charge >= 0.3 is 0 Å². The lowest BCUT2D eigenvalue weighted by molar-refractivity contribution is -0.124. The first kappa shape index (κ1) is 19.1. The van der Waals surface area contributed by atoms with Gasteiger partial charge in [0, 0.05) is 12.5 Å². The summed E-state index contributed by atoms with van der Waals surface area (Å²) in [7, 11) is 1.51. The number of rotatable bonds is 9. The Labute approximate surface area is 139 Å². The molecule has 0 bridgehead atoms. The molecule has 128 valence electrons. The average Bonchev–Trinajstić information content (AvgIpc) is 2.52. The summed E-state index contributed by atoms with van der Waals surface area (Å²) < 4.78 is 5.06. The molecule has 0 saturated heterocycles. The van der Waals surface area contributed by atoms with E-state index in [1.54, 1.807) is 18.2 Å². The maximum Gasteiger partial charge on any atom is 0.223 e. The molecule has 0 aromatic heterocycles. The third kappa shape index (κ3) is 7.22. The van der Waals surface area contributed by atoms with Gasteiger partial charge in [0.1, 0.15) is 0 Å². The first-order valence-electron chi connectivity index (χ1n) is 8.24. The predicted octanol–water partition coefficient (Wildman–Crippen LogP) is 4.04. The van der Waals surface area contributed by atoms with Gasteiger partial charge in [-0.1, -0.05) is 39.0 Å². The van der Waals surface area contributed by atoms with E-state index in [-0.39, 0.29) is 17.6 Å². The molecule has 0 heterocycles. The molecule has 0 aliphatic rings. The summed E-state index contributed by atoms with van der Waals surface area (Å²) in [6.07, 6.45) is 7.31. The number of phenols is 1. The number of hydrogen-bond donors (Lipinski definition) is 2. The van der Waals surface area contributed by atoms with Crippen molar-refractivity contribution in [3.05, 3.63) is 35.9 Å². The van der Waals surface area contributed by atoms with Crippen molar-refractivity contribution < 1.29 is 14.6 Å². The fourth-order valence-corrected chi connectivity index (χ4v) is 2.24. The third-order valence-corrected chi connectivity index (χ3v) is 3.69. The summed E-state index contributed by atoms with van der Waals surface area (Å²) in [6, 6.07) is 5.08. The molecule has 0 saturated carbocycles. The summed E-state index contributed by atoms with van der Waals surface area (Å²) in [5.41, 5.74) is 0.903. The third-order valence-electron chi connectivity index (χ3n) is 3.69. The zero-order chi connectivity index (χ0) is 17.2. The van der Waals surface area contributed by atoms with E-state index in [1.165, 1.54) is 7.11 Å². The van der Waals surface area contributed by atoms with Gasteiger partial charge in [-0.3, -0.25) is 4.79 Å². The van der Waals surface area contributed by atoms with Gasteiger partial charge in [-0.15, -0.1) is 0 Å². The van der Waals surface area contributed by atoms with Crippen molar-refractivity contribution in [2.75, 3.05) is 7.11 Å². The number of nitrogens with one attached hydrogen (secondary N) is 1. The number of hydrogen-bond acceptors (Lipinski definition) is 3. The van der Waals surface area contributed by atoms with Crippen molar-refractivity contribution in [1.29, 1.82) is 0 Å². The van der Waals surface area contributed by atoms with Crippen LogP contribution in [0.15, 0.2) is 30.4 Å². The van der Waals surface area contributed by atoms with E-state index in [0.29, 0.717) is 18.2 Å². The summed E-state index contributed by atoms with van der Waals surface area (Å²) in [4.78, 5) is 12.1. The molecular formula is C19H29NO3. The van der Waals surface area contributed by atoms with Gasteiger partial charge in [0.15, 0.2) is 11.5 Å². The van der Waals surface area contributed by atoms with E-state index in [9.17, 15) is 9.90 Å². The highest BCUT2D eigenvalue weighted by atomic mass is 16.5. The van der Waals surface area contributed by atoms with Gasteiger partial charge in [0.2, 0.25) is 5.91 Å². The van der Waals surface area contributed by atoms with Gasteiger partial charge in [-0.2, -0.15) is 0 Å². The Kier molecular flexibility index (Phi) is 8.23. The average molecular weight is 319 g/mol. The lowest BCUT2D eigenvalue weighted by Crippen LogP contribution is -2.28. The van der Waals surface area contributed by atoms with E-state index in [1.807, 2.05) is 6.92 Å². The van der Waals surface area contributed by atoms with Crippen LogP contribution in [-0.2, 0) is 11.3 Å². The van der Waals surface area contributed by atoms with E-state index in [2.05, 4.69) is 31.3 Å². The largest absolute Gasteiger partial charge is 0.504 e. The minimum Gasteiger partial charge on any atom is -0.504 e. The number of unbranched alkanes of at least 4 members (excludes halogenated alkanes) is 1. The van der Waals surface area contributed by atoms with Crippen LogP contribution in [0.2, 0.25) is 0 Å². The van der Waals surface area contributed by atoms with Gasteiger partial charge in [0.05, 0.1) is 7.11 Å². The zero-order valence-corrected chi connectivity index (χ0v) is 14.6. The number of methoxy groups -OCH3 is 1. The first-order valence-corrected chi connectivity index (χ1v) is 8.24. The summed E-state index contributed by atoms with van der Waals surface area (Å²) in [5.74, 6) is 1.16. The van der Waals surface area contributed by atoms with Crippen LogP contribution in [0.25, 0.3) is 0 Å². The van der Waals surface area contributed by atoms with Crippen molar-refractivity contribution in [1.82, 2.24) is 5.32 Å². The highest BCUT2D eigenvalue weighted by Crippen LogP contribution is 2.26. The second-order valence-electron chi connectivity index (χ2n) is 6.23. The predicted molar refractivity (Wildman–Crippen MR) is 93.5 cm³/mol. The van der Waals surface area contributed by atoms with Crippen LogP contribution in [0.3, 0.4) is 0 Å². The number of ether oxygens (including phenoxy) is 1. The molecule has 1 amide bonds. The molecule has 4 nitrogen and oxygen atoms in total. The van der Waals surface area contributed by atoms with Crippen molar-refractivity contribution in [3.63, 3.8) is 0 Å². The van der Waals surface area contributed by atoms with Crippen molar-refractivity contribution in [2.24, 2.45) is 11.8 Å². The number of phenolic OH excluding ortho intramolecular Hbond substituents is 1. The Balaban J connectivity index is 2.35. The van der Waals surface area contributed by atoms with Crippen molar-refractivity contribution in [2.45, 2.75) is 46.6 Å². The zero-order valence-electron chi connectivity index (χ0n) is 14.6. The number of carbonyl (C=O) groups excluding carboxylic acids is 1. The molecule has 23 heavy (non-hydrogen) atoms. The molecule has 1 atom stereocenters. The normalized spacial score (nSPS) is 12.6. The van der Waals surface area contributed by atoms with Crippen LogP contribution in [0.4, 0.5) is 0 Å². The van der Waals surface area contributed by atoms with Crippen LogP contribution in [0.1, 0.15) is 45.6 Å². The Morgan fingerprint density at radius 1 is 1.35 bits per heavy atom. The molecule has 0 aliphatic carbocycles. The van der Waals surface area contributed by atoms with Crippen molar-refractivity contribution in [3.8, 4) is 11.5 Å². The number of aromatic hydroxyl groups is 1. The van der Waals surface area contributed by atoms with E-state index in [0.717, 1.165) is 24.8 Å². The lowest BCUT2D eigenvalue weighted by atomic mass is 10.0. The number of benzene rings is 1. The number of allylic oxidation sites excluding steroid dienone is 2. The maximum atomic E-state index is 12.1. The highest BCUT2D eigenvalue weighted by molar-refractivity contribution is 5.78. The minimum atomic E-state index is 0.00135. The Hall–Kier alpha value is -1.97. The molecule has 0 fully saturated rings. The fraction of sp³-hybridized carbons (Fsp3) is 0.526. The molecule has 0 aliphatic heterocycles. The fourth-order valence-electron chi connectivity index (χ4n) is 2.24. The molecule has 1 aromatic rings. The van der Waals surface area contributed by atoms with E-state index < -0.39 is 0 Å². The molecule has 1 rings (SSSR count). The first-order chi connectivity index (χ1) is 10.9. The van der Waals surface area contributed by atoms with Crippen LogP contribution < -0.4 is 10.1 Å². The topological polar surface area (TPSA) is 58.6 Å². The minimum absolute atomic E-state index is 0.00135. The van der Waals surface area contributed by atoms with Gasteiger partial charge in [-0.25, -0.2) is 0 Å². The quantitative estimate of drug-likeness (QED) is 0.533. The molecule has 1 unspecified atom stereocenters. The van der Waals surface area contributed by atoms with E-state index in [4.69, 9.17) is 4.74 Å². The molecule has 0 radical (unpaired) electrons. The lowest BCUT2D eigenvalue weighted by Gasteiger charge is -2.12. The standard InChI is InChI=1S/C19H29NO3/c1-14(2)8-6-5-7-9-15(3)19(22)20-13-16-10-11-17(21)18(12-16)23-4/h6,8,10-12,14-15,21H,5,7,9,13H2,1-4H3,(H,20,22)/b8-6+. The maximum absolute atomic E-state index is 12.1. The number of amides is 1. The molecular weight excluding hydrogens is 290 g/mol. The summed E-state index contributed by atoms with van der Waals surface area (Å²) in [6.45, 7) is 6.71. The van der Waals surface area contributed by atoms with Gasteiger partial charge in [0.25, 0.3) is 0 Å². The molecule has 4 heteroatoms. The smallest absolute Gasteiger partial charge is 0.223 e. The van der Waals surface area contributed by atoms with Crippen LogP contribution in [0, 0.1) is 11.8 Å². The Morgan fingerprint density at radius 3 is 2.74 bits per heavy atom. The SMILES string of the molecule is COc1cc(CNC(=O)C(C)CCC/C=C/C(C)C)ccc1O. The molecule has 0 spiro atoms. The summed E-state index contributed by atoms with van der Waals surface area (Å²) >= 11 is 0. The Bertz CT molecular complexity index is 523. The Morgan fingerprint density at radius 2 is 2.09 bits per heavy atom. The van der Waals surface area contributed by atoms with Crippen LogP contribution in [0.5, 0.6) is 11.5 Å². The van der Waals surface area contributed by atoms with E-state index >= 15 is 0 Å². The second kappa shape index (κ2) is 9.93. The van der Waals surface area contributed by atoms with Crippen molar-refractivity contribution >= 4 is 5.91 Å². The highest BCUT2D eigenvalue weighted by Gasteiger charge is 2.12. The number of carbonyl (C=O) groups is 1. The second-order valence-corrected chi connectivity index (χ2v) is 6.23.